The molecule has 2 rings (SSSR count). The highest BCUT2D eigenvalue weighted by atomic mass is 16.3. The normalized spacial score (nSPS) is 13.0. The van der Waals surface area contributed by atoms with Gasteiger partial charge in [0.2, 0.25) is 5.91 Å². The monoisotopic (exact) mass is 316 g/mol. The maximum absolute atomic E-state index is 12.0. The third-order valence-corrected chi connectivity index (χ3v) is 3.94. The van der Waals surface area contributed by atoms with Gasteiger partial charge < -0.3 is 15.4 Å². The number of aryl methyl sites for hydroxylation is 1. The number of H-pyrrole nitrogens is 1. The maximum Gasteiger partial charge on any atom is 0.251 e. The molecule has 0 aliphatic carbocycles. The van der Waals surface area contributed by atoms with Crippen LogP contribution in [0.25, 0.3) is 10.9 Å². The van der Waals surface area contributed by atoms with Crippen LogP contribution in [0.3, 0.4) is 0 Å². The van der Waals surface area contributed by atoms with Gasteiger partial charge in [0.1, 0.15) is 0 Å². The number of aliphatic hydroxyl groups is 1. The Morgan fingerprint density at radius 3 is 2.70 bits per heavy atom. The van der Waals surface area contributed by atoms with Crippen molar-refractivity contribution >= 4 is 16.8 Å². The molecule has 0 saturated heterocycles. The van der Waals surface area contributed by atoms with Crippen molar-refractivity contribution in [1.82, 2.24) is 10.3 Å². The highest BCUT2D eigenvalue weighted by molar-refractivity contribution is 5.79. The molecular formula is C18H24N2O3. The van der Waals surface area contributed by atoms with E-state index >= 15 is 0 Å². The molecule has 1 aromatic carbocycles. The van der Waals surface area contributed by atoms with Crippen molar-refractivity contribution in [1.29, 1.82) is 0 Å². The number of carbonyl (C=O) groups is 1. The number of hydrogen-bond acceptors (Lipinski definition) is 3. The molecule has 1 amide bonds. The lowest BCUT2D eigenvalue weighted by atomic mass is 9.89. The minimum absolute atomic E-state index is 0.161. The number of rotatable bonds is 5. The van der Waals surface area contributed by atoms with Crippen molar-refractivity contribution in [2.45, 2.75) is 39.7 Å². The van der Waals surface area contributed by atoms with Gasteiger partial charge in [-0.1, -0.05) is 39.0 Å². The number of pyridine rings is 1. The topological polar surface area (TPSA) is 82.2 Å². The van der Waals surface area contributed by atoms with E-state index in [1.54, 1.807) is 0 Å². The van der Waals surface area contributed by atoms with E-state index in [-0.39, 0.29) is 29.8 Å². The molecule has 0 radical (unpaired) electrons. The van der Waals surface area contributed by atoms with E-state index in [2.05, 4.69) is 10.3 Å². The summed E-state index contributed by atoms with van der Waals surface area (Å²) in [5.74, 6) is -0.166. The van der Waals surface area contributed by atoms with E-state index in [0.717, 1.165) is 10.9 Å². The smallest absolute Gasteiger partial charge is 0.251 e. The maximum atomic E-state index is 12.0. The van der Waals surface area contributed by atoms with E-state index < -0.39 is 6.10 Å². The Bertz CT molecular complexity index is 744. The summed E-state index contributed by atoms with van der Waals surface area (Å²) in [6, 6.07) is 9.37. The van der Waals surface area contributed by atoms with Gasteiger partial charge in [-0.25, -0.2) is 0 Å². The lowest BCUT2D eigenvalue weighted by Crippen LogP contribution is -2.39. The first-order chi connectivity index (χ1) is 10.8. The first-order valence-corrected chi connectivity index (χ1v) is 7.83. The predicted octanol–water partition coefficient (Wildman–Crippen LogP) is 1.98. The number of hydrogen-bond donors (Lipinski definition) is 3. The van der Waals surface area contributed by atoms with Crippen molar-refractivity contribution in [3.05, 3.63) is 46.2 Å². The van der Waals surface area contributed by atoms with Gasteiger partial charge in [-0.2, -0.15) is 0 Å². The number of aliphatic hydroxyl groups excluding tert-OH is 1. The molecule has 0 saturated carbocycles. The highest BCUT2D eigenvalue weighted by Gasteiger charge is 2.22. The quantitative estimate of drug-likeness (QED) is 0.789. The number of para-hydroxylation sites is 1. The van der Waals surface area contributed by atoms with Gasteiger partial charge in [0.15, 0.2) is 0 Å². The zero-order chi connectivity index (χ0) is 17.0. The molecule has 23 heavy (non-hydrogen) atoms. The second-order valence-electron chi connectivity index (χ2n) is 6.90. The van der Waals surface area contributed by atoms with Crippen LogP contribution >= 0.6 is 0 Å². The molecule has 1 aromatic heterocycles. The molecule has 124 valence electrons. The largest absolute Gasteiger partial charge is 0.391 e. The third-order valence-electron chi connectivity index (χ3n) is 3.94. The van der Waals surface area contributed by atoms with Crippen molar-refractivity contribution in [2.24, 2.45) is 5.41 Å². The molecule has 0 spiro atoms. The molecule has 1 heterocycles. The second-order valence-corrected chi connectivity index (χ2v) is 6.90. The van der Waals surface area contributed by atoms with E-state index in [9.17, 15) is 14.7 Å². The van der Waals surface area contributed by atoms with Crippen LogP contribution in [0.1, 0.15) is 32.8 Å². The SMILES string of the molecule is CC(C)(C)C(O)CNC(=O)CCc1cc2ccccc2[nH]c1=O. The summed E-state index contributed by atoms with van der Waals surface area (Å²) in [7, 11) is 0. The number of carbonyl (C=O) groups excluding carboxylic acids is 1. The van der Waals surface area contributed by atoms with Crippen LogP contribution in [0.2, 0.25) is 0 Å². The van der Waals surface area contributed by atoms with Crippen LogP contribution in [0.15, 0.2) is 35.1 Å². The summed E-state index contributed by atoms with van der Waals surface area (Å²) in [5, 5.41) is 13.6. The van der Waals surface area contributed by atoms with Crippen molar-refractivity contribution in [3.8, 4) is 0 Å². The van der Waals surface area contributed by atoms with Crippen LogP contribution in [0.4, 0.5) is 0 Å². The second kappa shape index (κ2) is 6.96. The van der Waals surface area contributed by atoms with E-state index in [1.807, 2.05) is 51.1 Å². The first-order valence-electron chi connectivity index (χ1n) is 7.83. The Balaban J connectivity index is 1.94. The average Bonchev–Trinajstić information content (AvgIpc) is 2.49. The average molecular weight is 316 g/mol. The Hall–Kier alpha value is -2.14. The van der Waals surface area contributed by atoms with Gasteiger partial charge >= 0.3 is 0 Å². The summed E-state index contributed by atoms with van der Waals surface area (Å²) >= 11 is 0. The van der Waals surface area contributed by atoms with E-state index in [0.29, 0.717) is 12.0 Å². The van der Waals surface area contributed by atoms with Crippen LogP contribution in [-0.2, 0) is 11.2 Å². The van der Waals surface area contributed by atoms with Gasteiger partial charge in [-0.05, 0) is 29.4 Å². The molecule has 0 aliphatic rings. The Labute approximate surface area is 135 Å². The van der Waals surface area contributed by atoms with Gasteiger partial charge in [0.05, 0.1) is 6.10 Å². The molecule has 1 atom stereocenters. The van der Waals surface area contributed by atoms with Crippen LogP contribution < -0.4 is 10.9 Å². The molecule has 5 heteroatoms. The summed E-state index contributed by atoms with van der Waals surface area (Å²) in [5.41, 5.74) is 0.948. The van der Waals surface area contributed by atoms with Crippen molar-refractivity contribution in [2.75, 3.05) is 6.54 Å². The minimum Gasteiger partial charge on any atom is -0.391 e. The molecule has 0 bridgehead atoms. The molecule has 3 N–H and O–H groups in total. The summed E-state index contributed by atoms with van der Waals surface area (Å²) < 4.78 is 0. The molecule has 5 nitrogen and oxygen atoms in total. The lowest BCUT2D eigenvalue weighted by Gasteiger charge is -2.25. The number of nitrogens with one attached hydrogen (secondary N) is 2. The Morgan fingerprint density at radius 1 is 1.30 bits per heavy atom. The number of aromatic amines is 1. The Kier molecular flexibility index (Phi) is 5.21. The molecule has 1 unspecified atom stereocenters. The fourth-order valence-corrected chi connectivity index (χ4v) is 2.23. The van der Waals surface area contributed by atoms with Crippen molar-refractivity contribution < 1.29 is 9.90 Å². The number of fused-ring (bicyclic) bond motifs is 1. The van der Waals surface area contributed by atoms with Gasteiger partial charge in [-0.3, -0.25) is 9.59 Å². The Morgan fingerprint density at radius 2 is 2.00 bits per heavy atom. The van der Waals surface area contributed by atoms with Crippen LogP contribution in [0.5, 0.6) is 0 Å². The molecular weight excluding hydrogens is 292 g/mol. The highest BCUT2D eigenvalue weighted by Crippen LogP contribution is 2.18. The fourth-order valence-electron chi connectivity index (χ4n) is 2.23. The van der Waals surface area contributed by atoms with Gasteiger partial charge in [-0.15, -0.1) is 0 Å². The summed E-state index contributed by atoms with van der Waals surface area (Å²) in [6.45, 7) is 5.96. The fraction of sp³-hybridized carbons (Fsp3) is 0.444. The standard InChI is InChI=1S/C18H24N2O3/c1-18(2,3)15(21)11-19-16(22)9-8-13-10-12-6-4-5-7-14(12)20-17(13)23/h4-7,10,15,21H,8-9,11H2,1-3H3,(H,19,22)(H,20,23). The molecule has 0 aliphatic heterocycles. The van der Waals surface area contributed by atoms with Crippen LogP contribution in [0, 0.1) is 5.41 Å². The van der Waals surface area contributed by atoms with Gasteiger partial charge in [0.25, 0.3) is 5.56 Å². The molecule has 0 fully saturated rings. The lowest BCUT2D eigenvalue weighted by molar-refractivity contribution is -0.121. The van der Waals surface area contributed by atoms with Gasteiger partial charge in [0, 0.05) is 24.0 Å². The zero-order valence-corrected chi connectivity index (χ0v) is 13.8. The minimum atomic E-state index is -0.601. The predicted molar refractivity (Wildman–Crippen MR) is 91.4 cm³/mol. The van der Waals surface area contributed by atoms with Crippen LogP contribution in [-0.4, -0.2) is 28.6 Å². The number of aromatic nitrogens is 1. The van der Waals surface area contributed by atoms with E-state index in [1.165, 1.54) is 0 Å². The summed E-state index contributed by atoms with van der Waals surface area (Å²) in [6.07, 6.45) is -0.00822. The van der Waals surface area contributed by atoms with Crippen molar-refractivity contribution in [3.63, 3.8) is 0 Å². The zero-order valence-electron chi connectivity index (χ0n) is 13.8. The number of amides is 1. The third kappa shape index (κ3) is 4.66. The summed E-state index contributed by atoms with van der Waals surface area (Å²) in [4.78, 5) is 26.7. The first kappa shape index (κ1) is 17.2. The molecule has 2 aromatic rings. The van der Waals surface area contributed by atoms with E-state index in [4.69, 9.17) is 0 Å². The number of benzene rings is 1.